The van der Waals surface area contributed by atoms with E-state index in [1.54, 1.807) is 6.92 Å². The second-order valence-electron chi connectivity index (χ2n) is 6.33. The number of aromatic nitrogens is 2. The van der Waals surface area contributed by atoms with Gasteiger partial charge in [-0.05, 0) is 37.1 Å². The molecule has 2 aromatic rings. The van der Waals surface area contributed by atoms with Crippen LogP contribution >= 0.6 is 0 Å². The molecule has 9 nitrogen and oxygen atoms in total. The Morgan fingerprint density at radius 2 is 2.03 bits per heavy atom. The number of carbonyl (C=O) groups is 1. The zero-order valence-corrected chi connectivity index (χ0v) is 16.8. The highest BCUT2D eigenvalue weighted by Gasteiger charge is 2.34. The number of rotatable bonds is 6. The SMILES string of the molecule is CCc1ncnc(O[C@@H]2CCN(S(=O)(=O)c3ccc(NC(=O)OC)cc3)C2)c1F. The van der Waals surface area contributed by atoms with E-state index in [0.717, 1.165) is 0 Å². The Hall–Kier alpha value is -2.79. The van der Waals surface area contributed by atoms with Gasteiger partial charge in [0.05, 0.1) is 24.2 Å². The van der Waals surface area contributed by atoms with Gasteiger partial charge in [-0.2, -0.15) is 13.7 Å². The lowest BCUT2D eigenvalue weighted by molar-refractivity contribution is 0.187. The van der Waals surface area contributed by atoms with Crippen LogP contribution in [0.1, 0.15) is 19.0 Å². The number of sulfonamides is 1. The van der Waals surface area contributed by atoms with Gasteiger partial charge in [-0.1, -0.05) is 6.92 Å². The van der Waals surface area contributed by atoms with Crippen molar-refractivity contribution in [3.8, 4) is 5.88 Å². The molecule has 11 heteroatoms. The summed E-state index contributed by atoms with van der Waals surface area (Å²) in [4.78, 5) is 19.0. The average molecular weight is 424 g/mol. The van der Waals surface area contributed by atoms with E-state index < -0.39 is 28.0 Å². The number of benzene rings is 1. The number of hydrogen-bond acceptors (Lipinski definition) is 7. The fourth-order valence-electron chi connectivity index (χ4n) is 2.91. The summed E-state index contributed by atoms with van der Waals surface area (Å²) in [6, 6.07) is 5.73. The van der Waals surface area contributed by atoms with Gasteiger partial charge in [0.15, 0.2) is 0 Å². The van der Waals surface area contributed by atoms with Crippen LogP contribution in [0.2, 0.25) is 0 Å². The van der Waals surface area contributed by atoms with Crippen LogP contribution in [-0.4, -0.2) is 55.1 Å². The lowest BCUT2D eigenvalue weighted by Gasteiger charge is -2.17. The first-order valence-corrected chi connectivity index (χ1v) is 10.4. The van der Waals surface area contributed by atoms with E-state index in [4.69, 9.17) is 4.74 Å². The molecule has 29 heavy (non-hydrogen) atoms. The molecule has 0 unspecified atom stereocenters. The van der Waals surface area contributed by atoms with Crippen LogP contribution in [0, 0.1) is 5.82 Å². The largest absolute Gasteiger partial charge is 0.471 e. The zero-order chi connectivity index (χ0) is 21.0. The molecule has 1 fully saturated rings. The van der Waals surface area contributed by atoms with Gasteiger partial charge in [0, 0.05) is 12.2 Å². The van der Waals surface area contributed by atoms with Crippen molar-refractivity contribution < 1.29 is 27.1 Å². The summed E-state index contributed by atoms with van der Waals surface area (Å²) >= 11 is 0. The van der Waals surface area contributed by atoms with Crippen molar-refractivity contribution in [1.29, 1.82) is 0 Å². The number of amides is 1. The predicted molar refractivity (Wildman–Crippen MR) is 102 cm³/mol. The fraction of sp³-hybridized carbons (Fsp3) is 0.389. The molecule has 0 aliphatic carbocycles. The van der Waals surface area contributed by atoms with E-state index in [-0.39, 0.29) is 29.6 Å². The summed E-state index contributed by atoms with van der Waals surface area (Å²) in [6.45, 7) is 2.09. The number of anilines is 1. The maximum Gasteiger partial charge on any atom is 0.411 e. The van der Waals surface area contributed by atoms with Crippen LogP contribution < -0.4 is 10.1 Å². The van der Waals surface area contributed by atoms with Crippen LogP contribution in [0.4, 0.5) is 14.9 Å². The number of hydrogen-bond donors (Lipinski definition) is 1. The molecule has 1 atom stereocenters. The van der Waals surface area contributed by atoms with E-state index in [9.17, 15) is 17.6 Å². The van der Waals surface area contributed by atoms with Crippen molar-refractivity contribution in [2.24, 2.45) is 0 Å². The number of ether oxygens (including phenoxy) is 2. The number of methoxy groups -OCH3 is 1. The summed E-state index contributed by atoms with van der Waals surface area (Å²) < 4.78 is 51.3. The van der Waals surface area contributed by atoms with Gasteiger partial charge < -0.3 is 9.47 Å². The number of halogens is 1. The Morgan fingerprint density at radius 3 is 2.69 bits per heavy atom. The molecule has 1 aliphatic rings. The van der Waals surface area contributed by atoms with Crippen molar-refractivity contribution >= 4 is 21.8 Å². The third-order valence-electron chi connectivity index (χ3n) is 4.47. The molecular formula is C18H21FN4O5S. The third kappa shape index (κ3) is 4.62. The van der Waals surface area contributed by atoms with Gasteiger partial charge in [-0.15, -0.1) is 0 Å². The number of carbonyl (C=O) groups excluding carboxylic acids is 1. The summed E-state index contributed by atoms with van der Waals surface area (Å²) in [5.74, 6) is -0.788. The van der Waals surface area contributed by atoms with Crippen molar-refractivity contribution in [2.75, 3.05) is 25.5 Å². The van der Waals surface area contributed by atoms with Gasteiger partial charge in [-0.25, -0.2) is 18.2 Å². The smallest absolute Gasteiger partial charge is 0.411 e. The van der Waals surface area contributed by atoms with Gasteiger partial charge in [0.1, 0.15) is 12.4 Å². The molecule has 2 heterocycles. The van der Waals surface area contributed by atoms with Gasteiger partial charge in [0.25, 0.3) is 5.88 Å². The molecule has 0 radical (unpaired) electrons. The normalized spacial score (nSPS) is 17.1. The quantitative estimate of drug-likeness (QED) is 0.757. The highest BCUT2D eigenvalue weighted by Crippen LogP contribution is 2.26. The summed E-state index contributed by atoms with van der Waals surface area (Å²) in [5, 5.41) is 2.45. The molecule has 1 aromatic heterocycles. The molecular weight excluding hydrogens is 403 g/mol. The molecule has 1 aliphatic heterocycles. The molecule has 3 rings (SSSR count). The Balaban J connectivity index is 1.68. The molecule has 1 saturated heterocycles. The standard InChI is InChI=1S/C18H21FN4O5S/c1-3-15-16(19)17(21-11-20-15)28-13-8-9-23(10-13)29(25,26)14-6-4-12(5-7-14)22-18(24)27-2/h4-7,11,13H,3,8-10H2,1-2H3,(H,22,24)/t13-/m1/s1. The Labute approximate surface area is 167 Å². The van der Waals surface area contributed by atoms with Crippen molar-refractivity contribution in [2.45, 2.75) is 30.8 Å². The number of nitrogens with one attached hydrogen (secondary N) is 1. The topological polar surface area (TPSA) is 111 Å². The lowest BCUT2D eigenvalue weighted by atomic mass is 10.3. The lowest BCUT2D eigenvalue weighted by Crippen LogP contribution is -2.31. The summed E-state index contributed by atoms with van der Waals surface area (Å²) in [6.07, 6.45) is 0.871. The fourth-order valence-corrected chi connectivity index (χ4v) is 4.40. The molecule has 0 saturated carbocycles. The van der Waals surface area contributed by atoms with Gasteiger partial charge in [0.2, 0.25) is 15.8 Å². The van der Waals surface area contributed by atoms with E-state index in [1.165, 1.54) is 42.0 Å². The second-order valence-corrected chi connectivity index (χ2v) is 8.26. The van der Waals surface area contributed by atoms with E-state index >= 15 is 0 Å². The summed E-state index contributed by atoms with van der Waals surface area (Å²) in [5.41, 5.74) is 0.655. The first kappa shape index (κ1) is 20.9. The molecule has 1 N–H and O–H groups in total. The van der Waals surface area contributed by atoms with Crippen molar-refractivity contribution in [1.82, 2.24) is 14.3 Å². The van der Waals surface area contributed by atoms with Crippen LogP contribution in [0.5, 0.6) is 5.88 Å². The second kappa shape index (κ2) is 8.70. The number of nitrogens with zero attached hydrogens (tertiary/aromatic N) is 3. The van der Waals surface area contributed by atoms with E-state index in [0.29, 0.717) is 18.5 Å². The van der Waals surface area contributed by atoms with Crippen LogP contribution in [-0.2, 0) is 21.2 Å². The molecule has 1 amide bonds. The highest BCUT2D eigenvalue weighted by atomic mass is 32.2. The maximum atomic E-state index is 14.3. The third-order valence-corrected chi connectivity index (χ3v) is 6.35. The molecule has 156 valence electrons. The predicted octanol–water partition coefficient (Wildman–Crippen LogP) is 2.20. The molecule has 0 spiro atoms. The molecule has 1 aromatic carbocycles. The van der Waals surface area contributed by atoms with Crippen LogP contribution in [0.3, 0.4) is 0 Å². The average Bonchev–Trinajstić information content (AvgIpc) is 3.19. The minimum absolute atomic E-state index is 0.0788. The summed E-state index contributed by atoms with van der Waals surface area (Å²) in [7, 11) is -2.52. The van der Waals surface area contributed by atoms with E-state index in [1.807, 2.05) is 0 Å². The Bertz CT molecular complexity index is 984. The van der Waals surface area contributed by atoms with Crippen molar-refractivity contribution in [3.63, 3.8) is 0 Å². The molecule has 0 bridgehead atoms. The van der Waals surface area contributed by atoms with Crippen LogP contribution in [0.25, 0.3) is 0 Å². The van der Waals surface area contributed by atoms with Crippen molar-refractivity contribution in [3.05, 3.63) is 42.1 Å². The van der Waals surface area contributed by atoms with Crippen LogP contribution in [0.15, 0.2) is 35.5 Å². The van der Waals surface area contributed by atoms with E-state index in [2.05, 4.69) is 20.0 Å². The monoisotopic (exact) mass is 424 g/mol. The minimum Gasteiger partial charge on any atom is -0.471 e. The number of aryl methyl sites for hydroxylation is 1. The highest BCUT2D eigenvalue weighted by molar-refractivity contribution is 7.89. The Morgan fingerprint density at radius 1 is 1.31 bits per heavy atom. The van der Waals surface area contributed by atoms with Gasteiger partial charge >= 0.3 is 6.09 Å². The van der Waals surface area contributed by atoms with Gasteiger partial charge in [-0.3, -0.25) is 5.32 Å². The minimum atomic E-state index is -3.75. The maximum absolute atomic E-state index is 14.3. The first-order chi connectivity index (χ1) is 13.8. The zero-order valence-electron chi connectivity index (χ0n) is 16.0. The first-order valence-electron chi connectivity index (χ1n) is 8.96. The Kier molecular flexibility index (Phi) is 6.28.